The molecule has 0 aliphatic carbocycles. The number of fused-ring (bicyclic) bond motifs is 1. The summed E-state index contributed by atoms with van der Waals surface area (Å²) in [6, 6.07) is 8.02. The van der Waals surface area contributed by atoms with Gasteiger partial charge in [0.2, 0.25) is 5.95 Å². The average Bonchev–Trinajstić information content (AvgIpc) is 3.30. The van der Waals surface area contributed by atoms with Crippen molar-refractivity contribution in [2.24, 2.45) is 0 Å². The van der Waals surface area contributed by atoms with Gasteiger partial charge in [-0.15, -0.1) is 0 Å². The number of H-pyrrole nitrogens is 1. The van der Waals surface area contributed by atoms with E-state index < -0.39 is 18.4 Å². The zero-order valence-electron chi connectivity index (χ0n) is 16.2. The quantitative estimate of drug-likeness (QED) is 0.478. The summed E-state index contributed by atoms with van der Waals surface area (Å²) in [7, 11) is 0. The first-order chi connectivity index (χ1) is 14.1. The number of hydrogen-bond acceptors (Lipinski definition) is 7. The number of imidazole rings is 1. The molecule has 3 aromatic rings. The second-order valence-electron chi connectivity index (χ2n) is 7.28. The molecule has 0 bridgehead atoms. The Morgan fingerprint density at radius 3 is 2.83 bits per heavy atom. The molecule has 9 heteroatoms. The van der Waals surface area contributed by atoms with Crippen LogP contribution in [0.1, 0.15) is 38.0 Å². The molecule has 29 heavy (non-hydrogen) atoms. The standard InChI is InChI=1S/C20H25N5O4/c1-2-3-4-12-5-7-13(8-6-12)22-20-23-18-17(19(28)24-20)21-11-25(18)16-9-14(27)15(10-26)29-16/h5-8,11,14-16,26-27H,2-4,9-10H2,1H3,(H2,22,23,24,28)/t14?,15-,16-/m1/s1. The van der Waals surface area contributed by atoms with Gasteiger partial charge in [-0.2, -0.15) is 4.98 Å². The van der Waals surface area contributed by atoms with E-state index in [0.717, 1.165) is 24.9 Å². The molecule has 1 aliphatic heterocycles. The maximum atomic E-state index is 12.4. The lowest BCUT2D eigenvalue weighted by Gasteiger charge is -2.14. The van der Waals surface area contributed by atoms with Crippen molar-refractivity contribution >= 4 is 22.8 Å². The van der Waals surface area contributed by atoms with Gasteiger partial charge in [0.05, 0.1) is 19.0 Å². The summed E-state index contributed by atoms with van der Waals surface area (Å²) in [6.07, 6.45) is 3.10. The highest BCUT2D eigenvalue weighted by molar-refractivity contribution is 5.71. The van der Waals surface area contributed by atoms with Crippen LogP contribution in [-0.4, -0.2) is 48.5 Å². The summed E-state index contributed by atoms with van der Waals surface area (Å²) in [5, 5.41) is 22.4. The second-order valence-corrected chi connectivity index (χ2v) is 7.28. The number of rotatable bonds is 7. The number of aromatic amines is 1. The molecule has 1 saturated heterocycles. The van der Waals surface area contributed by atoms with Crippen LogP contribution >= 0.6 is 0 Å². The zero-order valence-corrected chi connectivity index (χ0v) is 16.2. The van der Waals surface area contributed by atoms with Gasteiger partial charge in [-0.1, -0.05) is 25.5 Å². The summed E-state index contributed by atoms with van der Waals surface area (Å²) in [4.78, 5) is 23.8. The molecule has 154 valence electrons. The summed E-state index contributed by atoms with van der Waals surface area (Å²) >= 11 is 0. The summed E-state index contributed by atoms with van der Waals surface area (Å²) in [6.45, 7) is 1.89. The molecule has 9 nitrogen and oxygen atoms in total. The van der Waals surface area contributed by atoms with E-state index >= 15 is 0 Å². The van der Waals surface area contributed by atoms with Crippen LogP contribution in [0.3, 0.4) is 0 Å². The highest BCUT2D eigenvalue weighted by Crippen LogP contribution is 2.30. The van der Waals surface area contributed by atoms with E-state index in [9.17, 15) is 15.0 Å². The third-order valence-corrected chi connectivity index (χ3v) is 5.16. The fraction of sp³-hybridized carbons (Fsp3) is 0.450. The lowest BCUT2D eigenvalue weighted by molar-refractivity contribution is -0.0432. The van der Waals surface area contributed by atoms with Crippen LogP contribution in [0.25, 0.3) is 11.2 Å². The molecule has 0 saturated carbocycles. The van der Waals surface area contributed by atoms with Crippen LogP contribution in [-0.2, 0) is 11.2 Å². The number of aryl methyl sites for hydroxylation is 1. The van der Waals surface area contributed by atoms with Gasteiger partial charge in [0.1, 0.15) is 12.3 Å². The van der Waals surface area contributed by atoms with Crippen LogP contribution in [0.2, 0.25) is 0 Å². The number of unbranched alkanes of at least 4 members (excludes halogenated alkanes) is 1. The number of benzene rings is 1. The minimum absolute atomic E-state index is 0.191. The topological polar surface area (TPSA) is 125 Å². The van der Waals surface area contributed by atoms with E-state index in [2.05, 4.69) is 39.3 Å². The molecule has 3 atom stereocenters. The Labute approximate surface area is 167 Å². The Morgan fingerprint density at radius 1 is 1.34 bits per heavy atom. The maximum absolute atomic E-state index is 12.4. The molecule has 0 amide bonds. The van der Waals surface area contributed by atoms with Crippen molar-refractivity contribution in [1.29, 1.82) is 0 Å². The fourth-order valence-corrected chi connectivity index (χ4v) is 3.52. The van der Waals surface area contributed by atoms with Crippen LogP contribution < -0.4 is 10.9 Å². The van der Waals surface area contributed by atoms with Crippen molar-refractivity contribution in [3.05, 3.63) is 46.5 Å². The Hall–Kier alpha value is -2.75. The predicted octanol–water partition coefficient (Wildman–Crippen LogP) is 1.85. The number of nitrogens with one attached hydrogen (secondary N) is 2. The molecule has 2 aromatic heterocycles. The summed E-state index contributed by atoms with van der Waals surface area (Å²) < 4.78 is 7.28. The third-order valence-electron chi connectivity index (χ3n) is 5.16. The molecule has 3 heterocycles. The molecular weight excluding hydrogens is 374 g/mol. The predicted molar refractivity (Wildman–Crippen MR) is 108 cm³/mol. The van der Waals surface area contributed by atoms with E-state index in [0.29, 0.717) is 11.6 Å². The number of aliphatic hydroxyl groups is 2. The van der Waals surface area contributed by atoms with Crippen LogP contribution in [0.4, 0.5) is 11.6 Å². The molecule has 1 unspecified atom stereocenters. The Morgan fingerprint density at radius 2 is 2.14 bits per heavy atom. The van der Waals surface area contributed by atoms with Crippen molar-refractivity contribution in [3.8, 4) is 0 Å². The van der Waals surface area contributed by atoms with Crippen LogP contribution in [0.15, 0.2) is 35.4 Å². The minimum Gasteiger partial charge on any atom is -0.394 e. The van der Waals surface area contributed by atoms with E-state index in [-0.39, 0.29) is 24.1 Å². The van der Waals surface area contributed by atoms with Gasteiger partial charge in [-0.25, -0.2) is 4.98 Å². The van der Waals surface area contributed by atoms with Gasteiger partial charge in [-0.05, 0) is 30.5 Å². The van der Waals surface area contributed by atoms with E-state index in [1.807, 2.05) is 12.1 Å². The minimum atomic E-state index is -0.784. The molecule has 1 aromatic carbocycles. The average molecular weight is 399 g/mol. The van der Waals surface area contributed by atoms with Crippen molar-refractivity contribution in [1.82, 2.24) is 19.5 Å². The third kappa shape index (κ3) is 4.02. The highest BCUT2D eigenvalue weighted by Gasteiger charge is 2.35. The van der Waals surface area contributed by atoms with Crippen molar-refractivity contribution < 1.29 is 14.9 Å². The van der Waals surface area contributed by atoms with Crippen LogP contribution in [0, 0.1) is 0 Å². The highest BCUT2D eigenvalue weighted by atomic mass is 16.5. The van der Waals surface area contributed by atoms with Gasteiger partial charge in [-0.3, -0.25) is 14.3 Å². The lowest BCUT2D eigenvalue weighted by atomic mass is 10.1. The largest absolute Gasteiger partial charge is 0.394 e. The number of nitrogens with zero attached hydrogens (tertiary/aromatic N) is 3. The number of anilines is 2. The number of ether oxygens (including phenoxy) is 1. The Kier molecular flexibility index (Phi) is 5.61. The first-order valence-electron chi connectivity index (χ1n) is 9.86. The summed E-state index contributed by atoms with van der Waals surface area (Å²) in [5.74, 6) is 0.294. The van der Waals surface area contributed by atoms with Gasteiger partial charge in [0.25, 0.3) is 5.56 Å². The summed E-state index contributed by atoms with van der Waals surface area (Å²) in [5.41, 5.74) is 2.25. The Bertz CT molecular complexity index is 1030. The van der Waals surface area contributed by atoms with Gasteiger partial charge >= 0.3 is 0 Å². The first kappa shape index (κ1) is 19.6. The van der Waals surface area contributed by atoms with Gasteiger partial charge in [0, 0.05) is 12.1 Å². The van der Waals surface area contributed by atoms with E-state index in [1.54, 1.807) is 4.57 Å². The monoisotopic (exact) mass is 399 g/mol. The van der Waals surface area contributed by atoms with Gasteiger partial charge in [0.15, 0.2) is 11.2 Å². The SMILES string of the molecule is CCCCc1ccc(Nc2nc3c(ncn3[C@H]3CC(O)[C@@H](CO)O3)c(=O)[nH]2)cc1. The Balaban J connectivity index is 1.59. The van der Waals surface area contributed by atoms with Gasteiger partial charge < -0.3 is 20.3 Å². The van der Waals surface area contributed by atoms with Crippen molar-refractivity contribution in [2.45, 2.75) is 51.0 Å². The maximum Gasteiger partial charge on any atom is 0.280 e. The number of aliphatic hydroxyl groups excluding tert-OH is 2. The smallest absolute Gasteiger partial charge is 0.280 e. The van der Waals surface area contributed by atoms with Crippen LogP contribution in [0.5, 0.6) is 0 Å². The molecular formula is C20H25N5O4. The number of aromatic nitrogens is 4. The molecule has 1 aliphatic rings. The second kappa shape index (κ2) is 8.32. The van der Waals surface area contributed by atoms with E-state index in [1.165, 1.54) is 11.9 Å². The normalized spacial score (nSPS) is 21.7. The van der Waals surface area contributed by atoms with Crippen molar-refractivity contribution in [3.63, 3.8) is 0 Å². The fourth-order valence-electron chi connectivity index (χ4n) is 3.52. The number of hydrogen-bond donors (Lipinski definition) is 4. The van der Waals surface area contributed by atoms with E-state index in [4.69, 9.17) is 4.74 Å². The molecule has 4 rings (SSSR count). The molecule has 0 spiro atoms. The van der Waals surface area contributed by atoms with Crippen molar-refractivity contribution in [2.75, 3.05) is 11.9 Å². The molecule has 4 N–H and O–H groups in total. The molecule has 1 fully saturated rings. The first-order valence-corrected chi connectivity index (χ1v) is 9.86. The zero-order chi connectivity index (χ0) is 20.4. The molecule has 0 radical (unpaired) electrons. The lowest BCUT2D eigenvalue weighted by Crippen LogP contribution is -2.24.